The molecule has 1 aliphatic heterocycles. The standard InChI is InChI=1S/C12H23NO2/c1-9(11(3)4-5-11)13-8-12(14)6-7-15-10(12)2/h9-10,13-14H,4-8H2,1-3H3. The average Bonchev–Trinajstić information content (AvgIpc) is 2.86. The van der Waals surface area contributed by atoms with Gasteiger partial charge in [-0.05, 0) is 32.1 Å². The molecule has 2 fully saturated rings. The van der Waals surface area contributed by atoms with E-state index in [1.807, 2.05) is 6.92 Å². The highest BCUT2D eigenvalue weighted by Gasteiger charge is 2.44. The molecule has 3 atom stereocenters. The number of nitrogens with one attached hydrogen (secondary N) is 1. The van der Waals surface area contributed by atoms with Crippen molar-refractivity contribution in [1.29, 1.82) is 0 Å². The average molecular weight is 213 g/mol. The van der Waals surface area contributed by atoms with E-state index in [4.69, 9.17) is 4.74 Å². The van der Waals surface area contributed by atoms with Crippen molar-refractivity contribution >= 4 is 0 Å². The molecule has 3 heteroatoms. The predicted octanol–water partition coefficient (Wildman–Crippen LogP) is 1.30. The third-order valence-electron chi connectivity index (χ3n) is 4.46. The molecule has 3 unspecified atom stereocenters. The highest BCUT2D eigenvalue weighted by Crippen LogP contribution is 2.48. The molecule has 0 amide bonds. The molecule has 2 aliphatic rings. The van der Waals surface area contributed by atoms with Gasteiger partial charge in [0.1, 0.15) is 5.60 Å². The van der Waals surface area contributed by atoms with Gasteiger partial charge in [-0.1, -0.05) is 6.92 Å². The second-order valence-corrected chi connectivity index (χ2v) is 5.62. The van der Waals surface area contributed by atoms with Gasteiger partial charge in [0.25, 0.3) is 0 Å². The summed E-state index contributed by atoms with van der Waals surface area (Å²) in [4.78, 5) is 0. The minimum Gasteiger partial charge on any atom is -0.386 e. The molecule has 0 bridgehead atoms. The Labute approximate surface area is 92.2 Å². The fraction of sp³-hybridized carbons (Fsp3) is 1.00. The Morgan fingerprint density at radius 2 is 2.13 bits per heavy atom. The van der Waals surface area contributed by atoms with Gasteiger partial charge in [-0.25, -0.2) is 0 Å². The molecule has 1 heterocycles. The van der Waals surface area contributed by atoms with Crippen LogP contribution in [0.1, 0.15) is 40.0 Å². The van der Waals surface area contributed by atoms with Crippen molar-refractivity contribution in [3.8, 4) is 0 Å². The molecule has 3 nitrogen and oxygen atoms in total. The van der Waals surface area contributed by atoms with E-state index in [-0.39, 0.29) is 6.10 Å². The summed E-state index contributed by atoms with van der Waals surface area (Å²) in [6, 6.07) is 0.495. The number of rotatable bonds is 4. The summed E-state index contributed by atoms with van der Waals surface area (Å²) in [5.41, 5.74) is -0.182. The van der Waals surface area contributed by atoms with Crippen LogP contribution in [-0.2, 0) is 4.74 Å². The molecular weight excluding hydrogens is 190 g/mol. The summed E-state index contributed by atoms with van der Waals surface area (Å²) in [5, 5.41) is 13.8. The van der Waals surface area contributed by atoms with Crippen LogP contribution in [-0.4, -0.2) is 36.0 Å². The van der Waals surface area contributed by atoms with Crippen molar-refractivity contribution < 1.29 is 9.84 Å². The Balaban J connectivity index is 1.82. The van der Waals surface area contributed by atoms with E-state index in [1.165, 1.54) is 12.8 Å². The zero-order valence-corrected chi connectivity index (χ0v) is 10.0. The van der Waals surface area contributed by atoms with Crippen LogP contribution in [0.4, 0.5) is 0 Å². The lowest BCUT2D eigenvalue weighted by molar-refractivity contribution is -0.0284. The Hall–Kier alpha value is -0.120. The molecule has 1 saturated heterocycles. The molecule has 15 heavy (non-hydrogen) atoms. The van der Waals surface area contributed by atoms with Crippen molar-refractivity contribution in [2.24, 2.45) is 5.41 Å². The van der Waals surface area contributed by atoms with Gasteiger partial charge in [0, 0.05) is 25.6 Å². The van der Waals surface area contributed by atoms with Crippen LogP contribution in [0, 0.1) is 5.41 Å². The van der Waals surface area contributed by atoms with Crippen molar-refractivity contribution in [3.63, 3.8) is 0 Å². The summed E-state index contributed by atoms with van der Waals surface area (Å²) in [5.74, 6) is 0. The van der Waals surface area contributed by atoms with Crippen LogP contribution in [0.25, 0.3) is 0 Å². The molecule has 1 aliphatic carbocycles. The predicted molar refractivity (Wildman–Crippen MR) is 59.8 cm³/mol. The maximum absolute atomic E-state index is 10.3. The lowest BCUT2D eigenvalue weighted by atomic mass is 9.94. The van der Waals surface area contributed by atoms with E-state index in [1.54, 1.807) is 0 Å². The van der Waals surface area contributed by atoms with E-state index in [0.717, 1.165) is 6.42 Å². The second kappa shape index (κ2) is 3.72. The van der Waals surface area contributed by atoms with E-state index in [9.17, 15) is 5.11 Å². The van der Waals surface area contributed by atoms with E-state index in [2.05, 4.69) is 19.2 Å². The fourth-order valence-electron chi connectivity index (χ4n) is 2.21. The monoisotopic (exact) mass is 213 g/mol. The maximum atomic E-state index is 10.3. The largest absolute Gasteiger partial charge is 0.386 e. The van der Waals surface area contributed by atoms with Crippen molar-refractivity contribution in [2.75, 3.05) is 13.2 Å². The van der Waals surface area contributed by atoms with Gasteiger partial charge in [-0.2, -0.15) is 0 Å². The number of ether oxygens (including phenoxy) is 1. The highest BCUT2D eigenvalue weighted by molar-refractivity contribution is 4.99. The first-order valence-electron chi connectivity index (χ1n) is 6.04. The Bertz CT molecular complexity index is 240. The molecule has 0 spiro atoms. The number of hydrogen-bond acceptors (Lipinski definition) is 3. The smallest absolute Gasteiger partial charge is 0.105 e. The number of aliphatic hydroxyl groups is 1. The summed E-state index contributed by atoms with van der Waals surface area (Å²) >= 11 is 0. The fourth-order valence-corrected chi connectivity index (χ4v) is 2.21. The lowest BCUT2D eigenvalue weighted by Crippen LogP contribution is -2.49. The summed E-state index contributed by atoms with van der Waals surface area (Å²) < 4.78 is 5.41. The molecule has 2 N–H and O–H groups in total. The summed E-state index contributed by atoms with van der Waals surface area (Å²) in [6.07, 6.45) is 3.34. The Morgan fingerprint density at radius 1 is 1.47 bits per heavy atom. The minimum atomic E-state index is -0.653. The number of hydrogen-bond donors (Lipinski definition) is 2. The third-order valence-corrected chi connectivity index (χ3v) is 4.46. The van der Waals surface area contributed by atoms with Crippen molar-refractivity contribution in [3.05, 3.63) is 0 Å². The first-order valence-corrected chi connectivity index (χ1v) is 6.04. The van der Waals surface area contributed by atoms with E-state index < -0.39 is 5.60 Å². The van der Waals surface area contributed by atoms with Gasteiger partial charge in [0.15, 0.2) is 0 Å². The van der Waals surface area contributed by atoms with Crippen LogP contribution >= 0.6 is 0 Å². The molecule has 88 valence electrons. The van der Waals surface area contributed by atoms with Gasteiger partial charge in [-0.3, -0.25) is 0 Å². The maximum Gasteiger partial charge on any atom is 0.105 e. The van der Waals surface area contributed by atoms with Crippen molar-refractivity contribution in [2.45, 2.75) is 57.8 Å². The molecule has 0 aromatic carbocycles. The molecule has 0 radical (unpaired) electrons. The molecule has 0 aromatic heterocycles. The first kappa shape index (κ1) is 11.4. The summed E-state index contributed by atoms with van der Waals surface area (Å²) in [7, 11) is 0. The zero-order valence-electron chi connectivity index (χ0n) is 10.0. The van der Waals surface area contributed by atoms with Crippen LogP contribution in [0.15, 0.2) is 0 Å². The van der Waals surface area contributed by atoms with Gasteiger partial charge in [0.05, 0.1) is 6.10 Å². The van der Waals surface area contributed by atoms with Gasteiger partial charge in [-0.15, -0.1) is 0 Å². The van der Waals surface area contributed by atoms with Gasteiger partial charge < -0.3 is 15.2 Å². The highest BCUT2D eigenvalue weighted by atomic mass is 16.5. The van der Waals surface area contributed by atoms with E-state index in [0.29, 0.717) is 24.6 Å². The third kappa shape index (κ3) is 2.19. The van der Waals surface area contributed by atoms with Gasteiger partial charge >= 0.3 is 0 Å². The SMILES string of the molecule is CC(NCC1(O)CCOC1C)C1(C)CC1. The zero-order chi connectivity index (χ0) is 11.1. The first-order chi connectivity index (χ1) is 6.96. The van der Waals surface area contributed by atoms with Crippen molar-refractivity contribution in [1.82, 2.24) is 5.32 Å². The molecular formula is C12H23NO2. The van der Waals surface area contributed by atoms with E-state index >= 15 is 0 Å². The molecule has 2 rings (SSSR count). The molecule has 0 aromatic rings. The topological polar surface area (TPSA) is 41.5 Å². The Kier molecular flexibility index (Phi) is 2.82. The quantitative estimate of drug-likeness (QED) is 0.739. The minimum absolute atomic E-state index is 0.0378. The Morgan fingerprint density at radius 3 is 2.60 bits per heavy atom. The molecule has 1 saturated carbocycles. The van der Waals surface area contributed by atoms with Crippen LogP contribution in [0.3, 0.4) is 0 Å². The van der Waals surface area contributed by atoms with Crippen LogP contribution < -0.4 is 5.32 Å². The normalized spacial score (nSPS) is 40.4. The van der Waals surface area contributed by atoms with Crippen LogP contribution in [0.2, 0.25) is 0 Å². The van der Waals surface area contributed by atoms with Gasteiger partial charge in [0.2, 0.25) is 0 Å². The lowest BCUT2D eigenvalue weighted by Gasteiger charge is -2.30. The summed E-state index contributed by atoms with van der Waals surface area (Å²) in [6.45, 7) is 7.83. The second-order valence-electron chi connectivity index (χ2n) is 5.62. The van der Waals surface area contributed by atoms with Crippen LogP contribution in [0.5, 0.6) is 0 Å².